The lowest BCUT2D eigenvalue weighted by Crippen LogP contribution is -2.07. The Morgan fingerprint density at radius 2 is 2.06 bits per heavy atom. The third-order valence-corrected chi connectivity index (χ3v) is 1.82. The topological polar surface area (TPSA) is 29.5 Å². The number of rotatable bonds is 1. The lowest BCUT2D eigenvalue weighted by atomic mass is 10.1. The zero-order valence-corrected chi connectivity index (χ0v) is 8.43. The van der Waals surface area contributed by atoms with Crippen LogP contribution in [0.15, 0.2) is 18.2 Å². The minimum absolute atomic E-state index is 0.183. The van der Waals surface area contributed by atoms with Gasteiger partial charge in [-0.25, -0.2) is 0 Å². The number of ether oxygens (including phenoxy) is 1. The number of halogens is 3. The number of benzene rings is 1. The van der Waals surface area contributed by atoms with E-state index in [0.29, 0.717) is 0 Å². The van der Waals surface area contributed by atoms with Crippen molar-refractivity contribution < 1.29 is 23.0 Å². The van der Waals surface area contributed by atoms with Crippen molar-refractivity contribution in [1.29, 1.82) is 0 Å². The Kier molecular flexibility index (Phi) is 3.80. The summed E-state index contributed by atoms with van der Waals surface area (Å²) in [5, 5.41) is 8.44. The fourth-order valence-electron chi connectivity index (χ4n) is 1.15. The van der Waals surface area contributed by atoms with Crippen molar-refractivity contribution in [2.75, 3.05) is 13.7 Å². The SMILES string of the molecule is COc1ccc(C#CCO)cc1C(F)(F)F. The zero-order chi connectivity index (χ0) is 12.2. The lowest BCUT2D eigenvalue weighted by molar-refractivity contribution is -0.138. The molecule has 0 heterocycles. The number of aliphatic hydroxyl groups is 1. The first-order valence-corrected chi connectivity index (χ1v) is 4.34. The fraction of sp³-hybridized carbons (Fsp3) is 0.273. The number of hydrogen-bond donors (Lipinski definition) is 1. The average Bonchev–Trinajstić information content (AvgIpc) is 2.24. The maximum absolute atomic E-state index is 12.6. The Morgan fingerprint density at radius 3 is 2.56 bits per heavy atom. The quantitative estimate of drug-likeness (QED) is 0.748. The van der Waals surface area contributed by atoms with Crippen LogP contribution in [0.4, 0.5) is 13.2 Å². The van der Waals surface area contributed by atoms with E-state index in [0.717, 1.165) is 6.07 Å². The van der Waals surface area contributed by atoms with Crippen molar-refractivity contribution in [2.24, 2.45) is 0 Å². The Balaban J connectivity index is 3.22. The van der Waals surface area contributed by atoms with Crippen LogP contribution in [-0.2, 0) is 6.18 Å². The zero-order valence-electron chi connectivity index (χ0n) is 8.43. The van der Waals surface area contributed by atoms with Gasteiger partial charge in [-0.1, -0.05) is 11.8 Å². The van der Waals surface area contributed by atoms with Crippen molar-refractivity contribution >= 4 is 0 Å². The molecule has 0 aliphatic rings. The molecule has 0 saturated heterocycles. The minimum atomic E-state index is -4.48. The second kappa shape index (κ2) is 4.90. The molecule has 0 aliphatic heterocycles. The monoisotopic (exact) mass is 230 g/mol. The van der Waals surface area contributed by atoms with Gasteiger partial charge in [0.15, 0.2) is 0 Å². The number of methoxy groups -OCH3 is 1. The van der Waals surface area contributed by atoms with E-state index < -0.39 is 18.3 Å². The summed E-state index contributed by atoms with van der Waals surface area (Å²) in [4.78, 5) is 0. The molecule has 0 aromatic heterocycles. The van der Waals surface area contributed by atoms with Crippen LogP contribution in [0.3, 0.4) is 0 Å². The molecule has 0 radical (unpaired) electrons. The van der Waals surface area contributed by atoms with E-state index >= 15 is 0 Å². The van der Waals surface area contributed by atoms with Gasteiger partial charge in [-0.2, -0.15) is 13.2 Å². The number of hydrogen-bond acceptors (Lipinski definition) is 2. The van der Waals surface area contributed by atoms with Crippen LogP contribution >= 0.6 is 0 Å². The van der Waals surface area contributed by atoms with Gasteiger partial charge in [0, 0.05) is 5.56 Å². The molecular weight excluding hydrogens is 221 g/mol. The van der Waals surface area contributed by atoms with Crippen molar-refractivity contribution in [3.05, 3.63) is 29.3 Å². The summed E-state index contributed by atoms with van der Waals surface area (Å²) in [5.74, 6) is 4.43. The van der Waals surface area contributed by atoms with Gasteiger partial charge >= 0.3 is 6.18 Å². The van der Waals surface area contributed by atoms with Gasteiger partial charge in [0.25, 0.3) is 0 Å². The molecule has 0 unspecified atom stereocenters. The van der Waals surface area contributed by atoms with Gasteiger partial charge in [0.05, 0.1) is 12.7 Å². The fourth-order valence-corrected chi connectivity index (χ4v) is 1.15. The molecule has 5 heteroatoms. The van der Waals surface area contributed by atoms with Crippen LogP contribution in [0, 0.1) is 11.8 Å². The molecule has 0 amide bonds. The van der Waals surface area contributed by atoms with Gasteiger partial charge in [0.1, 0.15) is 12.4 Å². The van der Waals surface area contributed by atoms with E-state index in [-0.39, 0.29) is 11.3 Å². The maximum Gasteiger partial charge on any atom is 0.420 e. The number of aliphatic hydroxyl groups excluding tert-OH is 1. The third kappa shape index (κ3) is 2.91. The van der Waals surface area contributed by atoms with E-state index in [9.17, 15) is 13.2 Å². The molecule has 0 aliphatic carbocycles. The van der Waals surface area contributed by atoms with E-state index in [1.165, 1.54) is 19.2 Å². The average molecular weight is 230 g/mol. The Labute approximate surface area is 90.7 Å². The standard InChI is InChI=1S/C11H9F3O2/c1-16-10-5-4-8(3-2-6-15)7-9(10)11(12,13)14/h4-5,7,15H,6H2,1H3. The normalized spacial score (nSPS) is 10.6. The molecule has 0 fully saturated rings. The predicted molar refractivity (Wildman–Crippen MR) is 52.0 cm³/mol. The third-order valence-electron chi connectivity index (χ3n) is 1.82. The molecule has 1 aromatic carbocycles. The highest BCUT2D eigenvalue weighted by atomic mass is 19.4. The van der Waals surface area contributed by atoms with E-state index in [1.54, 1.807) is 0 Å². The molecule has 2 nitrogen and oxygen atoms in total. The first-order chi connectivity index (χ1) is 7.49. The van der Waals surface area contributed by atoms with Crippen LogP contribution in [0.1, 0.15) is 11.1 Å². The number of alkyl halides is 3. The molecular formula is C11H9F3O2. The predicted octanol–water partition coefficient (Wildman–Crippen LogP) is 2.06. The van der Waals surface area contributed by atoms with Crippen LogP contribution in [0.25, 0.3) is 0 Å². The lowest BCUT2D eigenvalue weighted by Gasteiger charge is -2.11. The molecule has 86 valence electrons. The van der Waals surface area contributed by atoms with Crippen molar-refractivity contribution in [3.8, 4) is 17.6 Å². The van der Waals surface area contributed by atoms with Gasteiger partial charge in [-0.15, -0.1) is 0 Å². The van der Waals surface area contributed by atoms with Crippen molar-refractivity contribution in [1.82, 2.24) is 0 Å². The Hall–Kier alpha value is -1.67. The van der Waals surface area contributed by atoms with Crippen LogP contribution in [0.5, 0.6) is 5.75 Å². The molecule has 1 N–H and O–H groups in total. The van der Waals surface area contributed by atoms with Crippen molar-refractivity contribution in [2.45, 2.75) is 6.18 Å². The highest BCUT2D eigenvalue weighted by Gasteiger charge is 2.34. The summed E-state index contributed by atoms with van der Waals surface area (Å²) in [7, 11) is 1.17. The van der Waals surface area contributed by atoms with Crippen LogP contribution in [-0.4, -0.2) is 18.8 Å². The molecule has 1 rings (SSSR count). The van der Waals surface area contributed by atoms with Gasteiger partial charge < -0.3 is 9.84 Å². The molecule has 0 bridgehead atoms. The highest BCUT2D eigenvalue weighted by molar-refractivity contribution is 5.45. The van der Waals surface area contributed by atoms with E-state index in [2.05, 4.69) is 16.6 Å². The molecule has 1 aromatic rings. The summed E-state index contributed by atoms with van der Waals surface area (Å²) in [5.41, 5.74) is -0.693. The smallest absolute Gasteiger partial charge is 0.420 e. The van der Waals surface area contributed by atoms with E-state index in [4.69, 9.17) is 5.11 Å². The summed E-state index contributed by atoms with van der Waals surface area (Å²) in [6, 6.07) is 3.49. The minimum Gasteiger partial charge on any atom is -0.496 e. The van der Waals surface area contributed by atoms with Gasteiger partial charge in [0.2, 0.25) is 0 Å². The molecule has 0 saturated carbocycles. The molecule has 16 heavy (non-hydrogen) atoms. The Morgan fingerprint density at radius 1 is 1.38 bits per heavy atom. The largest absolute Gasteiger partial charge is 0.496 e. The first kappa shape index (κ1) is 12.4. The maximum atomic E-state index is 12.6. The first-order valence-electron chi connectivity index (χ1n) is 4.34. The summed E-state index contributed by atoms with van der Waals surface area (Å²) < 4.78 is 42.3. The van der Waals surface area contributed by atoms with E-state index in [1.807, 2.05) is 0 Å². The van der Waals surface area contributed by atoms with Gasteiger partial charge in [-0.05, 0) is 18.2 Å². The summed E-state index contributed by atoms with van der Waals surface area (Å²) in [6.45, 7) is -0.395. The second-order valence-corrected chi connectivity index (χ2v) is 2.87. The summed E-state index contributed by atoms with van der Waals surface area (Å²) in [6.07, 6.45) is -4.48. The molecule has 0 spiro atoms. The van der Waals surface area contributed by atoms with Crippen LogP contribution in [0.2, 0.25) is 0 Å². The van der Waals surface area contributed by atoms with Gasteiger partial charge in [-0.3, -0.25) is 0 Å². The van der Waals surface area contributed by atoms with Crippen molar-refractivity contribution in [3.63, 3.8) is 0 Å². The highest BCUT2D eigenvalue weighted by Crippen LogP contribution is 2.36. The molecule has 0 atom stereocenters. The summed E-state index contributed by atoms with van der Waals surface area (Å²) >= 11 is 0. The second-order valence-electron chi connectivity index (χ2n) is 2.87. The van der Waals surface area contributed by atoms with Crippen LogP contribution < -0.4 is 4.74 Å². The Bertz CT molecular complexity index is 427.